The number of aliphatic hydroxyl groups is 1. The van der Waals surface area contributed by atoms with Crippen LogP contribution in [0.15, 0.2) is 34.8 Å². The Morgan fingerprint density at radius 2 is 2.27 bits per heavy atom. The average molecular weight is 273 g/mol. The maximum Gasteiger partial charge on any atom is 0.123 e. The van der Waals surface area contributed by atoms with E-state index in [1.807, 2.05) is 6.92 Å². The molecule has 0 radical (unpaired) electrons. The molecular formula is C12H14BrFO. The lowest BCUT2D eigenvalue weighted by atomic mass is 10.0. The molecule has 1 aromatic carbocycles. The molecule has 0 bridgehead atoms. The van der Waals surface area contributed by atoms with E-state index in [0.717, 1.165) is 16.5 Å². The van der Waals surface area contributed by atoms with Crippen molar-refractivity contribution >= 4 is 15.9 Å². The zero-order chi connectivity index (χ0) is 11.4. The van der Waals surface area contributed by atoms with Gasteiger partial charge in [0.25, 0.3) is 0 Å². The summed E-state index contributed by atoms with van der Waals surface area (Å²) in [6, 6.07) is 4.30. The van der Waals surface area contributed by atoms with Crippen LogP contribution in [0.3, 0.4) is 0 Å². The average Bonchev–Trinajstić information content (AvgIpc) is 2.21. The van der Waals surface area contributed by atoms with E-state index in [1.165, 1.54) is 12.1 Å². The molecule has 0 aromatic heterocycles. The molecule has 0 aliphatic heterocycles. The third-order valence-electron chi connectivity index (χ3n) is 2.30. The molecule has 0 amide bonds. The third-order valence-corrected chi connectivity index (χ3v) is 3.02. The fourth-order valence-electron chi connectivity index (χ4n) is 1.30. The molecule has 1 atom stereocenters. The molecule has 0 heterocycles. The van der Waals surface area contributed by atoms with Crippen LogP contribution in [0, 0.1) is 5.82 Å². The first-order valence-corrected chi connectivity index (χ1v) is 5.63. The van der Waals surface area contributed by atoms with Crippen molar-refractivity contribution in [2.75, 3.05) is 0 Å². The van der Waals surface area contributed by atoms with Crippen molar-refractivity contribution in [1.29, 1.82) is 0 Å². The van der Waals surface area contributed by atoms with Gasteiger partial charge in [-0.3, -0.25) is 0 Å². The molecule has 1 nitrogen and oxygen atoms in total. The first kappa shape index (κ1) is 12.4. The molecule has 0 saturated carbocycles. The second-order valence-corrected chi connectivity index (χ2v) is 4.34. The van der Waals surface area contributed by atoms with E-state index in [2.05, 4.69) is 22.5 Å². The Hall–Kier alpha value is -0.670. The van der Waals surface area contributed by atoms with Gasteiger partial charge in [-0.25, -0.2) is 4.39 Å². The lowest BCUT2D eigenvalue weighted by Gasteiger charge is -2.13. The van der Waals surface area contributed by atoms with E-state index in [0.29, 0.717) is 12.0 Å². The minimum absolute atomic E-state index is 0.339. The largest absolute Gasteiger partial charge is 0.388 e. The summed E-state index contributed by atoms with van der Waals surface area (Å²) in [5, 5.41) is 9.87. The van der Waals surface area contributed by atoms with Crippen molar-refractivity contribution in [3.63, 3.8) is 0 Å². The van der Waals surface area contributed by atoms with Crippen molar-refractivity contribution in [1.82, 2.24) is 0 Å². The molecule has 0 saturated heterocycles. The van der Waals surface area contributed by atoms with Crippen LogP contribution < -0.4 is 0 Å². The highest BCUT2D eigenvalue weighted by molar-refractivity contribution is 9.10. The van der Waals surface area contributed by atoms with E-state index >= 15 is 0 Å². The van der Waals surface area contributed by atoms with Crippen LogP contribution in [0.4, 0.5) is 4.39 Å². The van der Waals surface area contributed by atoms with Crippen LogP contribution in [0.5, 0.6) is 0 Å². The van der Waals surface area contributed by atoms with Crippen LogP contribution in [0.25, 0.3) is 0 Å². The molecule has 1 N–H and O–H groups in total. The Morgan fingerprint density at radius 1 is 1.60 bits per heavy atom. The summed E-state index contributed by atoms with van der Waals surface area (Å²) in [5.41, 5.74) is 1.53. The maximum absolute atomic E-state index is 13.0. The Balaban J connectivity index is 2.85. The van der Waals surface area contributed by atoms with Gasteiger partial charge in [0.1, 0.15) is 5.82 Å². The zero-order valence-corrected chi connectivity index (χ0v) is 10.2. The predicted octanol–water partition coefficient (Wildman–Crippen LogP) is 3.98. The van der Waals surface area contributed by atoms with Crippen LogP contribution >= 0.6 is 15.9 Å². The minimum atomic E-state index is -0.692. The highest BCUT2D eigenvalue weighted by Crippen LogP contribution is 2.28. The van der Waals surface area contributed by atoms with Crippen LogP contribution in [0.2, 0.25) is 0 Å². The van der Waals surface area contributed by atoms with Crippen molar-refractivity contribution in [2.24, 2.45) is 0 Å². The topological polar surface area (TPSA) is 20.2 Å². The molecular weight excluding hydrogens is 259 g/mol. The highest BCUT2D eigenvalue weighted by Gasteiger charge is 2.12. The van der Waals surface area contributed by atoms with Crippen LogP contribution in [0.1, 0.15) is 31.4 Å². The third kappa shape index (κ3) is 3.43. The normalized spacial score (nSPS) is 12.5. The number of hydrogen-bond acceptors (Lipinski definition) is 1. The molecule has 1 unspecified atom stereocenters. The van der Waals surface area contributed by atoms with Crippen LogP contribution in [-0.2, 0) is 0 Å². The van der Waals surface area contributed by atoms with Crippen LogP contribution in [-0.4, -0.2) is 5.11 Å². The number of halogens is 2. The standard InChI is InChI=1S/C12H14BrFO/c1-3-8(2)6-12(15)10-7-9(14)4-5-11(10)13/h4-5,7,12,15H,2-3,6H2,1H3. The van der Waals surface area contributed by atoms with E-state index in [4.69, 9.17) is 0 Å². The first-order chi connectivity index (χ1) is 7.04. The van der Waals surface area contributed by atoms with Gasteiger partial charge in [0.2, 0.25) is 0 Å². The summed E-state index contributed by atoms with van der Waals surface area (Å²) in [6.07, 6.45) is 0.602. The van der Waals surface area contributed by atoms with Crippen molar-refractivity contribution in [2.45, 2.75) is 25.9 Å². The summed E-state index contributed by atoms with van der Waals surface area (Å²) >= 11 is 3.29. The molecule has 0 spiro atoms. The zero-order valence-electron chi connectivity index (χ0n) is 8.63. The molecule has 0 fully saturated rings. The van der Waals surface area contributed by atoms with E-state index in [9.17, 15) is 9.50 Å². The summed E-state index contributed by atoms with van der Waals surface area (Å²) < 4.78 is 13.7. The van der Waals surface area contributed by atoms with Crippen molar-refractivity contribution in [3.05, 3.63) is 46.2 Å². The van der Waals surface area contributed by atoms with E-state index in [1.54, 1.807) is 6.07 Å². The fourth-order valence-corrected chi connectivity index (χ4v) is 1.81. The van der Waals surface area contributed by atoms with Gasteiger partial charge in [0, 0.05) is 4.47 Å². The van der Waals surface area contributed by atoms with Gasteiger partial charge < -0.3 is 5.11 Å². The highest BCUT2D eigenvalue weighted by atomic mass is 79.9. The second-order valence-electron chi connectivity index (χ2n) is 3.49. The first-order valence-electron chi connectivity index (χ1n) is 4.84. The molecule has 82 valence electrons. The Kier molecular flexibility index (Phi) is 4.48. The summed E-state index contributed by atoms with van der Waals surface area (Å²) in [6.45, 7) is 5.80. The Bertz CT molecular complexity index is 363. The van der Waals surface area contributed by atoms with Gasteiger partial charge in [-0.1, -0.05) is 35.0 Å². The summed E-state index contributed by atoms with van der Waals surface area (Å²) in [5.74, 6) is -0.339. The van der Waals surface area contributed by atoms with Gasteiger partial charge in [-0.15, -0.1) is 0 Å². The van der Waals surface area contributed by atoms with Gasteiger partial charge in [-0.05, 0) is 36.6 Å². The SMILES string of the molecule is C=C(CC)CC(O)c1cc(F)ccc1Br. The fraction of sp³-hybridized carbons (Fsp3) is 0.333. The molecule has 1 rings (SSSR count). The van der Waals surface area contributed by atoms with E-state index < -0.39 is 6.10 Å². The Morgan fingerprint density at radius 3 is 2.87 bits per heavy atom. The number of benzene rings is 1. The lowest BCUT2D eigenvalue weighted by molar-refractivity contribution is 0.176. The van der Waals surface area contributed by atoms with E-state index in [-0.39, 0.29) is 5.82 Å². The summed E-state index contributed by atoms with van der Waals surface area (Å²) in [4.78, 5) is 0. The lowest BCUT2D eigenvalue weighted by Crippen LogP contribution is -2.00. The molecule has 0 aliphatic rings. The molecule has 0 aliphatic carbocycles. The van der Waals surface area contributed by atoms with Gasteiger partial charge >= 0.3 is 0 Å². The number of aliphatic hydroxyl groups excluding tert-OH is 1. The summed E-state index contributed by atoms with van der Waals surface area (Å²) in [7, 11) is 0. The number of rotatable bonds is 4. The van der Waals surface area contributed by atoms with Crippen molar-refractivity contribution in [3.8, 4) is 0 Å². The predicted molar refractivity (Wildman–Crippen MR) is 63.1 cm³/mol. The molecule has 3 heteroatoms. The number of hydrogen-bond donors (Lipinski definition) is 1. The van der Waals surface area contributed by atoms with Crippen molar-refractivity contribution < 1.29 is 9.50 Å². The van der Waals surface area contributed by atoms with Gasteiger partial charge in [0.05, 0.1) is 6.10 Å². The minimum Gasteiger partial charge on any atom is -0.388 e. The monoisotopic (exact) mass is 272 g/mol. The smallest absolute Gasteiger partial charge is 0.123 e. The molecule has 15 heavy (non-hydrogen) atoms. The Labute approximate surface area is 97.8 Å². The quantitative estimate of drug-likeness (QED) is 0.823. The second kappa shape index (κ2) is 5.42. The van der Waals surface area contributed by atoms with Gasteiger partial charge in [-0.2, -0.15) is 0 Å². The molecule has 1 aromatic rings. The van der Waals surface area contributed by atoms with Gasteiger partial charge in [0.15, 0.2) is 0 Å². The maximum atomic E-state index is 13.0.